The number of aliphatic hydroxyl groups excluding tert-OH is 1. The number of ketones is 1. The van der Waals surface area contributed by atoms with Gasteiger partial charge in [-0.1, -0.05) is 59.6 Å². The van der Waals surface area contributed by atoms with Gasteiger partial charge in [0.05, 0.1) is 24.3 Å². The number of amides is 1. The van der Waals surface area contributed by atoms with Crippen molar-refractivity contribution in [3.05, 3.63) is 99.6 Å². The second-order valence-corrected chi connectivity index (χ2v) is 8.15. The summed E-state index contributed by atoms with van der Waals surface area (Å²) in [5.41, 5.74) is 3.23. The van der Waals surface area contributed by atoms with E-state index in [1.54, 1.807) is 30.3 Å². The fourth-order valence-corrected chi connectivity index (χ4v) is 4.19. The molecule has 0 radical (unpaired) electrons. The average Bonchev–Trinajstić information content (AvgIpc) is 3.06. The van der Waals surface area contributed by atoms with Gasteiger partial charge in [0.2, 0.25) is 0 Å². The number of rotatable bonds is 4. The van der Waals surface area contributed by atoms with Crippen molar-refractivity contribution in [1.82, 2.24) is 0 Å². The van der Waals surface area contributed by atoms with Gasteiger partial charge in [0.15, 0.2) is 0 Å². The zero-order valence-corrected chi connectivity index (χ0v) is 18.7. The normalized spacial score (nSPS) is 17.6. The van der Waals surface area contributed by atoms with Gasteiger partial charge in [0, 0.05) is 10.7 Å². The number of hydrogen-bond donors (Lipinski definition) is 1. The first kappa shape index (κ1) is 21.7. The lowest BCUT2D eigenvalue weighted by Crippen LogP contribution is -2.30. The summed E-state index contributed by atoms with van der Waals surface area (Å²) < 4.78 is 5.41. The third-order valence-corrected chi connectivity index (χ3v) is 5.84. The van der Waals surface area contributed by atoms with Gasteiger partial charge in [-0.3, -0.25) is 14.5 Å². The Morgan fingerprint density at radius 3 is 2.41 bits per heavy atom. The van der Waals surface area contributed by atoms with Gasteiger partial charge in [0.1, 0.15) is 11.5 Å². The minimum absolute atomic E-state index is 0.00414. The number of Topliss-reactive ketones (excluding diaryl/α,β-unsaturated/α-hetero) is 1. The molecule has 4 rings (SSSR count). The average molecular weight is 448 g/mol. The summed E-state index contributed by atoms with van der Waals surface area (Å²) in [6.45, 7) is 3.72. The van der Waals surface area contributed by atoms with E-state index in [4.69, 9.17) is 16.3 Å². The Hall–Kier alpha value is -3.57. The van der Waals surface area contributed by atoms with E-state index >= 15 is 0 Å². The topological polar surface area (TPSA) is 66.8 Å². The predicted molar refractivity (Wildman–Crippen MR) is 125 cm³/mol. The summed E-state index contributed by atoms with van der Waals surface area (Å²) in [4.78, 5) is 28.0. The predicted octanol–water partition coefficient (Wildman–Crippen LogP) is 5.59. The number of anilines is 1. The molecule has 5 nitrogen and oxygen atoms in total. The van der Waals surface area contributed by atoms with Crippen LogP contribution in [0.25, 0.3) is 5.76 Å². The zero-order chi connectivity index (χ0) is 23.0. The Labute approximate surface area is 191 Å². The third kappa shape index (κ3) is 3.65. The van der Waals surface area contributed by atoms with Crippen LogP contribution in [0.3, 0.4) is 0 Å². The summed E-state index contributed by atoms with van der Waals surface area (Å²) in [7, 11) is 1.49. The number of ether oxygens (including phenoxy) is 1. The largest absolute Gasteiger partial charge is 0.507 e. The highest BCUT2D eigenvalue weighted by Crippen LogP contribution is 2.44. The van der Waals surface area contributed by atoms with Gasteiger partial charge in [-0.2, -0.15) is 0 Å². The second-order valence-electron chi connectivity index (χ2n) is 7.71. The summed E-state index contributed by atoms with van der Waals surface area (Å²) in [6, 6.07) is 18.8. The van der Waals surface area contributed by atoms with Crippen molar-refractivity contribution in [2.45, 2.75) is 19.9 Å². The van der Waals surface area contributed by atoms with Crippen LogP contribution < -0.4 is 9.64 Å². The van der Waals surface area contributed by atoms with Crippen LogP contribution in [0, 0.1) is 13.8 Å². The van der Waals surface area contributed by atoms with Crippen molar-refractivity contribution >= 4 is 34.7 Å². The number of methoxy groups -OCH3 is 1. The minimum atomic E-state index is -0.821. The molecular formula is C26H22ClNO4. The molecule has 1 atom stereocenters. The van der Waals surface area contributed by atoms with E-state index in [-0.39, 0.29) is 11.3 Å². The number of benzene rings is 3. The van der Waals surface area contributed by atoms with Crippen molar-refractivity contribution in [1.29, 1.82) is 0 Å². The molecule has 162 valence electrons. The van der Waals surface area contributed by atoms with E-state index < -0.39 is 17.7 Å². The van der Waals surface area contributed by atoms with Gasteiger partial charge >= 0.3 is 0 Å². The van der Waals surface area contributed by atoms with Gasteiger partial charge < -0.3 is 9.84 Å². The molecule has 0 aromatic heterocycles. The van der Waals surface area contributed by atoms with Crippen LogP contribution in [0.15, 0.2) is 72.3 Å². The first-order valence-corrected chi connectivity index (χ1v) is 10.5. The van der Waals surface area contributed by atoms with Crippen LogP contribution in [0.5, 0.6) is 5.75 Å². The summed E-state index contributed by atoms with van der Waals surface area (Å²) >= 11 is 6.22. The Bertz CT molecular complexity index is 1250. The molecule has 1 fully saturated rings. The molecule has 3 aromatic rings. The molecule has 1 aliphatic rings. The number of halogens is 1. The molecule has 1 N–H and O–H groups in total. The molecule has 0 saturated carbocycles. The number of nitrogens with zero attached hydrogens (tertiary/aromatic N) is 1. The van der Waals surface area contributed by atoms with E-state index in [9.17, 15) is 14.7 Å². The molecule has 0 spiro atoms. The Morgan fingerprint density at radius 2 is 1.72 bits per heavy atom. The number of hydrogen-bond acceptors (Lipinski definition) is 4. The van der Waals surface area contributed by atoms with E-state index in [1.165, 1.54) is 12.0 Å². The quantitative estimate of drug-likeness (QED) is 0.321. The first-order valence-electron chi connectivity index (χ1n) is 10.1. The summed E-state index contributed by atoms with van der Waals surface area (Å²) in [5, 5.41) is 11.8. The van der Waals surface area contributed by atoms with E-state index in [0.717, 1.165) is 11.1 Å². The Morgan fingerprint density at radius 1 is 1.00 bits per heavy atom. The minimum Gasteiger partial charge on any atom is -0.507 e. The Balaban J connectivity index is 2.01. The standard InChI is InChI=1S/C26H22ClNO4/c1-15-9-12-21(32-3)19(13-15)24(29)22-23(17-7-5-4-6-8-17)28(26(31)25(22)30)20-14-18(27)11-10-16(20)2/h4-14,23,29H,1-3H3/b24-22+. The van der Waals surface area contributed by atoms with Gasteiger partial charge in [0.25, 0.3) is 11.7 Å². The molecule has 32 heavy (non-hydrogen) atoms. The molecule has 0 aliphatic carbocycles. The summed E-state index contributed by atoms with van der Waals surface area (Å²) in [5.74, 6) is -1.36. The maximum atomic E-state index is 13.3. The van der Waals surface area contributed by atoms with Crippen LogP contribution >= 0.6 is 11.6 Å². The molecule has 3 aromatic carbocycles. The van der Waals surface area contributed by atoms with E-state index in [0.29, 0.717) is 27.6 Å². The smallest absolute Gasteiger partial charge is 0.300 e. The number of carbonyl (C=O) groups is 2. The van der Waals surface area contributed by atoms with Gasteiger partial charge in [-0.05, 0) is 49.2 Å². The molecule has 1 aliphatic heterocycles. The maximum absolute atomic E-state index is 13.3. The van der Waals surface area contributed by atoms with Crippen molar-refractivity contribution in [3.63, 3.8) is 0 Å². The fourth-order valence-electron chi connectivity index (χ4n) is 4.03. The van der Waals surface area contributed by atoms with Crippen LogP contribution in [-0.2, 0) is 9.59 Å². The molecule has 1 unspecified atom stereocenters. The molecule has 1 saturated heterocycles. The Kier molecular flexibility index (Phi) is 5.76. The fraction of sp³-hybridized carbons (Fsp3) is 0.154. The number of aryl methyl sites for hydroxylation is 2. The highest BCUT2D eigenvalue weighted by Gasteiger charge is 2.47. The van der Waals surface area contributed by atoms with Crippen molar-refractivity contribution in [2.75, 3.05) is 12.0 Å². The SMILES string of the molecule is COc1ccc(C)cc1/C(O)=C1\C(=O)C(=O)N(c2cc(Cl)ccc2C)C1c1ccccc1. The van der Waals surface area contributed by atoms with Gasteiger partial charge in [-0.25, -0.2) is 0 Å². The van der Waals surface area contributed by atoms with E-state index in [1.807, 2.05) is 50.2 Å². The molecule has 6 heteroatoms. The van der Waals surface area contributed by atoms with Crippen LogP contribution in [-0.4, -0.2) is 23.9 Å². The number of aliphatic hydroxyl groups is 1. The highest BCUT2D eigenvalue weighted by molar-refractivity contribution is 6.52. The van der Waals surface area contributed by atoms with E-state index in [2.05, 4.69) is 0 Å². The lowest BCUT2D eigenvalue weighted by molar-refractivity contribution is -0.132. The number of carbonyl (C=O) groups excluding carboxylic acids is 2. The molecule has 1 heterocycles. The van der Waals surface area contributed by atoms with Crippen LogP contribution in [0.4, 0.5) is 5.69 Å². The lowest BCUT2D eigenvalue weighted by Gasteiger charge is -2.27. The first-order chi connectivity index (χ1) is 15.3. The second kappa shape index (κ2) is 8.52. The molecule has 1 amide bonds. The monoisotopic (exact) mass is 447 g/mol. The maximum Gasteiger partial charge on any atom is 0.300 e. The molecule has 0 bridgehead atoms. The van der Waals surface area contributed by atoms with Crippen molar-refractivity contribution < 1.29 is 19.4 Å². The van der Waals surface area contributed by atoms with Gasteiger partial charge in [-0.15, -0.1) is 0 Å². The lowest BCUT2D eigenvalue weighted by atomic mass is 9.94. The third-order valence-electron chi connectivity index (χ3n) is 5.60. The summed E-state index contributed by atoms with van der Waals surface area (Å²) in [6.07, 6.45) is 0. The zero-order valence-electron chi connectivity index (χ0n) is 17.9. The van der Waals surface area contributed by atoms with Crippen molar-refractivity contribution in [3.8, 4) is 5.75 Å². The molecular weight excluding hydrogens is 426 g/mol. The van der Waals surface area contributed by atoms with Crippen LogP contribution in [0.1, 0.15) is 28.3 Å². The van der Waals surface area contributed by atoms with Crippen LogP contribution in [0.2, 0.25) is 5.02 Å². The highest BCUT2D eigenvalue weighted by atomic mass is 35.5. The van der Waals surface area contributed by atoms with Crippen molar-refractivity contribution in [2.24, 2.45) is 0 Å².